The fraction of sp³-hybridized carbons (Fsp3) is 0.483. The van der Waals surface area contributed by atoms with E-state index in [9.17, 15) is 9.90 Å². The molecule has 0 atom stereocenters. The van der Waals surface area contributed by atoms with E-state index in [1.807, 2.05) is 6.07 Å². The van der Waals surface area contributed by atoms with Crippen molar-refractivity contribution in [3.63, 3.8) is 0 Å². The molecule has 1 aromatic heterocycles. The van der Waals surface area contributed by atoms with Gasteiger partial charge in [-0.25, -0.2) is 4.79 Å². The maximum Gasteiger partial charge on any atom is 0.335 e. The number of carboxylic acid groups (broad SMARTS) is 1. The molecule has 1 N–H and O–H groups in total. The van der Waals surface area contributed by atoms with Gasteiger partial charge in [-0.05, 0) is 83.0 Å². The van der Waals surface area contributed by atoms with Crippen LogP contribution < -0.4 is 4.74 Å². The third kappa shape index (κ3) is 4.82. The molecule has 0 saturated heterocycles. The second-order valence-electron chi connectivity index (χ2n) is 10.7. The van der Waals surface area contributed by atoms with E-state index in [0.717, 1.165) is 45.7 Å². The number of benzene rings is 2. The molecule has 0 radical (unpaired) electrons. The van der Waals surface area contributed by atoms with Crippen molar-refractivity contribution >= 4 is 27.4 Å². The third-order valence-corrected chi connectivity index (χ3v) is 8.39. The number of hydrogen-bond donors (Lipinski definition) is 1. The Kier molecular flexibility index (Phi) is 6.59. The van der Waals surface area contributed by atoms with Gasteiger partial charge in [0.15, 0.2) is 0 Å². The molecule has 1 aliphatic rings. The van der Waals surface area contributed by atoms with Gasteiger partial charge in [0.2, 0.25) is 0 Å². The van der Waals surface area contributed by atoms with Crippen molar-refractivity contribution in [1.29, 1.82) is 0 Å². The number of rotatable bonds is 8. The van der Waals surface area contributed by atoms with Gasteiger partial charge in [0, 0.05) is 15.1 Å². The maximum absolute atomic E-state index is 11.4. The van der Waals surface area contributed by atoms with E-state index >= 15 is 0 Å². The lowest BCUT2D eigenvalue weighted by Crippen LogP contribution is -2.33. The van der Waals surface area contributed by atoms with Crippen LogP contribution in [0, 0.1) is 0 Å². The minimum atomic E-state index is -0.890. The van der Waals surface area contributed by atoms with Crippen LogP contribution in [0.5, 0.6) is 5.75 Å². The van der Waals surface area contributed by atoms with Crippen LogP contribution in [0.25, 0.3) is 20.5 Å². The average molecular weight is 465 g/mol. The number of fused-ring (bicyclic) bond motifs is 2. The molecule has 0 spiro atoms. The Hall–Kier alpha value is -2.33. The predicted octanol–water partition coefficient (Wildman–Crippen LogP) is 8.57. The fourth-order valence-corrected chi connectivity index (χ4v) is 5.99. The Balaban J connectivity index is 1.81. The first-order valence-electron chi connectivity index (χ1n) is 12.2. The first kappa shape index (κ1) is 23.8. The minimum Gasteiger partial charge on any atom is -0.493 e. The summed E-state index contributed by atoms with van der Waals surface area (Å²) < 4.78 is 7.53. The van der Waals surface area contributed by atoms with E-state index in [-0.39, 0.29) is 10.8 Å². The molecule has 0 fully saturated rings. The van der Waals surface area contributed by atoms with Crippen molar-refractivity contribution in [2.24, 2.45) is 0 Å². The lowest BCUT2D eigenvalue weighted by Gasteiger charge is -2.42. The van der Waals surface area contributed by atoms with Gasteiger partial charge >= 0.3 is 5.97 Å². The number of thiophene rings is 1. The summed E-state index contributed by atoms with van der Waals surface area (Å²) in [4.78, 5) is 12.6. The van der Waals surface area contributed by atoms with Crippen LogP contribution in [0.4, 0.5) is 0 Å². The van der Waals surface area contributed by atoms with Crippen LogP contribution in [0.3, 0.4) is 0 Å². The summed E-state index contributed by atoms with van der Waals surface area (Å²) >= 11 is 1.71. The molecular formula is C29H36O3S. The summed E-state index contributed by atoms with van der Waals surface area (Å²) in [6, 6.07) is 12.2. The van der Waals surface area contributed by atoms with Crippen LogP contribution in [0.15, 0.2) is 36.4 Å². The number of ether oxygens (including phenoxy) is 1. The molecule has 1 aliphatic carbocycles. The minimum absolute atomic E-state index is 0.117. The third-order valence-electron chi connectivity index (χ3n) is 7.24. The Morgan fingerprint density at radius 2 is 1.67 bits per heavy atom. The van der Waals surface area contributed by atoms with Crippen molar-refractivity contribution in [1.82, 2.24) is 0 Å². The van der Waals surface area contributed by atoms with Crippen LogP contribution in [0.2, 0.25) is 0 Å². The van der Waals surface area contributed by atoms with Gasteiger partial charge in [-0.2, -0.15) is 0 Å². The lowest BCUT2D eigenvalue weighted by atomic mass is 9.63. The van der Waals surface area contributed by atoms with Gasteiger partial charge in [-0.3, -0.25) is 0 Å². The molecule has 3 nitrogen and oxygen atoms in total. The Labute approximate surface area is 201 Å². The molecule has 0 saturated carbocycles. The zero-order valence-corrected chi connectivity index (χ0v) is 21.4. The SMILES string of the molecule is CCCCCCOc1cc2c(cc1-c1cc3cc(C(=O)O)ccc3s1)C(C)(C)CCC2(C)C. The van der Waals surface area contributed by atoms with E-state index < -0.39 is 5.97 Å². The van der Waals surface area contributed by atoms with Crippen molar-refractivity contribution in [3.05, 3.63) is 53.1 Å². The number of hydrogen-bond acceptors (Lipinski definition) is 3. The normalized spacial score (nSPS) is 16.5. The maximum atomic E-state index is 11.4. The molecule has 4 heteroatoms. The number of unbranched alkanes of at least 4 members (excludes halogenated alkanes) is 3. The highest BCUT2D eigenvalue weighted by Gasteiger charge is 2.38. The molecule has 0 bridgehead atoms. The number of aromatic carboxylic acids is 1. The van der Waals surface area contributed by atoms with Gasteiger partial charge in [0.05, 0.1) is 12.2 Å². The first-order chi connectivity index (χ1) is 15.6. The van der Waals surface area contributed by atoms with Gasteiger partial charge in [-0.1, -0.05) is 53.9 Å². The van der Waals surface area contributed by atoms with E-state index in [4.69, 9.17) is 4.74 Å². The Morgan fingerprint density at radius 3 is 2.33 bits per heavy atom. The molecule has 1 heterocycles. The monoisotopic (exact) mass is 464 g/mol. The fourth-order valence-electron chi connectivity index (χ4n) is 4.93. The molecule has 4 rings (SSSR count). The topological polar surface area (TPSA) is 46.5 Å². The Morgan fingerprint density at radius 1 is 0.970 bits per heavy atom. The van der Waals surface area contributed by atoms with Crippen LogP contribution in [-0.2, 0) is 10.8 Å². The highest BCUT2D eigenvalue weighted by molar-refractivity contribution is 7.22. The molecule has 0 aliphatic heterocycles. The quantitative estimate of drug-likeness (QED) is 0.340. The summed E-state index contributed by atoms with van der Waals surface area (Å²) in [5.74, 6) is 0.0690. The standard InChI is InChI=1S/C29H36O3S/c1-6-7-8-9-14-32-24-18-23-22(28(2,3)12-13-29(23,4)5)17-21(24)26-16-20-15-19(27(30)31)10-11-25(20)33-26/h10-11,15-18H,6-9,12-14H2,1-5H3,(H,30,31). The zero-order chi connectivity index (χ0) is 23.8. The number of carboxylic acids is 1. The van der Waals surface area contributed by atoms with Gasteiger partial charge in [-0.15, -0.1) is 11.3 Å². The van der Waals surface area contributed by atoms with Crippen LogP contribution in [-0.4, -0.2) is 17.7 Å². The average Bonchev–Trinajstić information content (AvgIpc) is 3.19. The molecule has 176 valence electrons. The van der Waals surface area contributed by atoms with Gasteiger partial charge < -0.3 is 9.84 Å². The summed E-state index contributed by atoms with van der Waals surface area (Å²) in [5, 5.41) is 10.4. The van der Waals surface area contributed by atoms with E-state index in [1.54, 1.807) is 23.5 Å². The molecular weight excluding hydrogens is 428 g/mol. The smallest absolute Gasteiger partial charge is 0.335 e. The largest absolute Gasteiger partial charge is 0.493 e. The molecule has 0 amide bonds. The number of carbonyl (C=O) groups is 1. The highest BCUT2D eigenvalue weighted by atomic mass is 32.1. The molecule has 2 aromatic carbocycles. The van der Waals surface area contributed by atoms with E-state index in [0.29, 0.717) is 5.56 Å². The second kappa shape index (κ2) is 9.13. The van der Waals surface area contributed by atoms with Crippen molar-refractivity contribution < 1.29 is 14.6 Å². The van der Waals surface area contributed by atoms with Crippen LogP contribution in [0.1, 0.15) is 94.6 Å². The highest BCUT2D eigenvalue weighted by Crippen LogP contribution is 2.50. The van der Waals surface area contributed by atoms with Gasteiger partial charge in [0.1, 0.15) is 5.75 Å². The lowest BCUT2D eigenvalue weighted by molar-refractivity contribution is 0.0697. The van der Waals surface area contributed by atoms with E-state index in [2.05, 4.69) is 52.8 Å². The summed E-state index contributed by atoms with van der Waals surface area (Å²) in [6.07, 6.45) is 7.04. The molecule has 33 heavy (non-hydrogen) atoms. The second-order valence-corrected chi connectivity index (χ2v) is 11.8. The Bertz CT molecular complexity index is 1170. The summed E-state index contributed by atoms with van der Waals surface area (Å²) in [6.45, 7) is 12.3. The zero-order valence-electron chi connectivity index (χ0n) is 20.6. The van der Waals surface area contributed by atoms with Gasteiger partial charge in [0.25, 0.3) is 0 Å². The van der Waals surface area contributed by atoms with Crippen LogP contribution >= 0.6 is 11.3 Å². The predicted molar refractivity (Wildman–Crippen MR) is 139 cm³/mol. The molecule has 0 unspecified atom stereocenters. The first-order valence-corrected chi connectivity index (χ1v) is 13.0. The van der Waals surface area contributed by atoms with Crippen molar-refractivity contribution in [3.8, 4) is 16.2 Å². The summed E-state index contributed by atoms with van der Waals surface area (Å²) in [7, 11) is 0. The molecule has 3 aromatic rings. The summed E-state index contributed by atoms with van der Waals surface area (Å²) in [5.41, 5.74) is 4.52. The van der Waals surface area contributed by atoms with Crippen molar-refractivity contribution in [2.45, 2.75) is 84.0 Å². The van der Waals surface area contributed by atoms with Crippen molar-refractivity contribution in [2.75, 3.05) is 6.61 Å². The van der Waals surface area contributed by atoms with E-state index in [1.165, 1.54) is 36.8 Å².